The van der Waals surface area contributed by atoms with Gasteiger partial charge in [0.15, 0.2) is 10.5 Å². The Balaban J connectivity index is 1.59. The predicted molar refractivity (Wildman–Crippen MR) is 151 cm³/mol. The second-order valence-corrected chi connectivity index (χ2v) is 10.4. The first kappa shape index (κ1) is 24.3. The summed E-state index contributed by atoms with van der Waals surface area (Å²) in [7, 11) is 1.90. The van der Waals surface area contributed by atoms with Gasteiger partial charge in [0.05, 0.1) is 17.1 Å². The highest BCUT2D eigenvalue weighted by Crippen LogP contribution is 2.25. The van der Waals surface area contributed by atoms with Crippen LogP contribution in [-0.2, 0) is 20.0 Å². The van der Waals surface area contributed by atoms with Crippen molar-refractivity contribution in [3.8, 4) is 16.9 Å². The molecule has 0 amide bonds. The van der Waals surface area contributed by atoms with Crippen molar-refractivity contribution in [2.75, 3.05) is 0 Å². The van der Waals surface area contributed by atoms with E-state index < -0.39 is 0 Å². The van der Waals surface area contributed by atoms with Crippen LogP contribution >= 0.6 is 27.3 Å². The van der Waals surface area contributed by atoms with Crippen LogP contribution in [0.1, 0.15) is 17.7 Å². The molecule has 7 heteroatoms. The number of benzene rings is 3. The number of nitrogens with zero attached hydrogens (tertiary/aromatic N) is 4. The molecule has 0 aliphatic rings. The molecule has 2 aromatic heterocycles. The molecule has 0 aliphatic heterocycles. The van der Waals surface area contributed by atoms with Crippen LogP contribution in [0.3, 0.4) is 0 Å². The SMILES string of the molecule is Cc1c(N=c2scc(-c3cccc(Br)c3)n2CCCc2ccccc2)c(=O)n(-c2ccccc2)n1C. The van der Waals surface area contributed by atoms with E-state index in [4.69, 9.17) is 4.99 Å². The number of aryl methyl sites for hydroxylation is 1. The summed E-state index contributed by atoms with van der Waals surface area (Å²) in [6, 6.07) is 28.5. The van der Waals surface area contributed by atoms with Crippen molar-refractivity contribution >= 4 is 33.0 Å². The van der Waals surface area contributed by atoms with Crippen molar-refractivity contribution in [3.05, 3.63) is 121 Å². The molecule has 0 saturated carbocycles. The number of aromatic nitrogens is 3. The van der Waals surface area contributed by atoms with E-state index in [1.807, 2.05) is 67.2 Å². The maximum absolute atomic E-state index is 13.5. The Hall–Kier alpha value is -3.42. The number of hydrogen-bond acceptors (Lipinski definition) is 3. The molecule has 0 bridgehead atoms. The van der Waals surface area contributed by atoms with Crippen molar-refractivity contribution < 1.29 is 0 Å². The van der Waals surface area contributed by atoms with Crippen LogP contribution in [0.4, 0.5) is 5.69 Å². The van der Waals surface area contributed by atoms with Gasteiger partial charge >= 0.3 is 0 Å². The minimum Gasteiger partial charge on any atom is -0.316 e. The summed E-state index contributed by atoms with van der Waals surface area (Å²) in [6.07, 6.45) is 1.95. The van der Waals surface area contributed by atoms with E-state index in [2.05, 4.69) is 62.3 Å². The van der Waals surface area contributed by atoms with Crippen LogP contribution in [0.25, 0.3) is 16.9 Å². The van der Waals surface area contributed by atoms with Crippen molar-refractivity contribution in [2.24, 2.45) is 12.0 Å². The van der Waals surface area contributed by atoms with Gasteiger partial charge in [-0.1, -0.05) is 76.6 Å². The molecule has 5 aromatic rings. The molecule has 0 saturated heterocycles. The largest absolute Gasteiger partial charge is 0.316 e. The molecule has 0 N–H and O–H groups in total. The molecule has 36 heavy (non-hydrogen) atoms. The van der Waals surface area contributed by atoms with Crippen molar-refractivity contribution in [3.63, 3.8) is 0 Å². The third-order valence-corrected chi connectivity index (χ3v) is 7.70. The molecule has 0 atom stereocenters. The zero-order chi connectivity index (χ0) is 25.1. The molecular weight excluding hydrogens is 532 g/mol. The highest BCUT2D eigenvalue weighted by molar-refractivity contribution is 9.10. The summed E-state index contributed by atoms with van der Waals surface area (Å²) in [4.78, 5) is 19.3. The Morgan fingerprint density at radius 3 is 2.39 bits per heavy atom. The average molecular weight is 560 g/mol. The van der Waals surface area contributed by atoms with E-state index in [1.165, 1.54) is 5.56 Å². The smallest absolute Gasteiger partial charge is 0.297 e. The maximum atomic E-state index is 13.5. The molecule has 0 aliphatic carbocycles. The molecule has 5 rings (SSSR count). The van der Waals surface area contributed by atoms with E-state index in [0.717, 1.165) is 51.3 Å². The Labute approximate surface area is 222 Å². The monoisotopic (exact) mass is 558 g/mol. The molecule has 0 radical (unpaired) electrons. The molecule has 5 nitrogen and oxygen atoms in total. The maximum Gasteiger partial charge on any atom is 0.297 e. The van der Waals surface area contributed by atoms with Crippen molar-refractivity contribution in [2.45, 2.75) is 26.3 Å². The first-order chi connectivity index (χ1) is 17.5. The molecule has 3 aromatic carbocycles. The van der Waals surface area contributed by atoms with Gasteiger partial charge in [0.1, 0.15) is 0 Å². The number of rotatable bonds is 7. The van der Waals surface area contributed by atoms with E-state index in [0.29, 0.717) is 5.69 Å². The Bertz CT molecular complexity index is 1610. The van der Waals surface area contributed by atoms with Crippen LogP contribution in [0.5, 0.6) is 0 Å². The first-order valence-corrected chi connectivity index (χ1v) is 13.6. The van der Waals surface area contributed by atoms with Crippen LogP contribution in [-0.4, -0.2) is 13.9 Å². The number of hydrogen-bond donors (Lipinski definition) is 0. The minimum absolute atomic E-state index is 0.116. The third-order valence-electron chi connectivity index (χ3n) is 6.34. The van der Waals surface area contributed by atoms with Crippen LogP contribution in [0.15, 0.2) is 105 Å². The Kier molecular flexibility index (Phi) is 7.20. The van der Waals surface area contributed by atoms with Gasteiger partial charge in [0.2, 0.25) is 0 Å². The third kappa shape index (κ3) is 4.94. The second kappa shape index (κ2) is 10.7. The molecule has 182 valence electrons. The standard InChI is InChI=1S/C29H27BrN4OS/c1-21-27(28(35)34(32(21)2)25-16-7-4-8-17-25)31-29-33(18-10-13-22-11-5-3-6-12-22)26(20-36-29)23-14-9-15-24(30)19-23/h3-9,11-12,14-17,19-20H,10,13,18H2,1-2H3. The van der Waals surface area contributed by atoms with E-state index in [-0.39, 0.29) is 5.56 Å². The van der Waals surface area contributed by atoms with Gasteiger partial charge in [-0.15, -0.1) is 11.3 Å². The van der Waals surface area contributed by atoms with Gasteiger partial charge < -0.3 is 4.57 Å². The Morgan fingerprint density at radius 2 is 1.67 bits per heavy atom. The van der Waals surface area contributed by atoms with Gasteiger partial charge in [0, 0.05) is 29.0 Å². The van der Waals surface area contributed by atoms with Crippen molar-refractivity contribution in [1.29, 1.82) is 0 Å². The van der Waals surface area contributed by atoms with E-state index >= 15 is 0 Å². The highest BCUT2D eigenvalue weighted by Gasteiger charge is 2.17. The van der Waals surface area contributed by atoms with E-state index in [9.17, 15) is 4.79 Å². The van der Waals surface area contributed by atoms with Gasteiger partial charge in [0.25, 0.3) is 5.56 Å². The fourth-order valence-corrected chi connectivity index (χ4v) is 5.72. The summed E-state index contributed by atoms with van der Waals surface area (Å²) in [6.45, 7) is 2.75. The topological polar surface area (TPSA) is 44.2 Å². The van der Waals surface area contributed by atoms with E-state index in [1.54, 1.807) is 16.0 Å². The van der Waals surface area contributed by atoms with Crippen LogP contribution in [0, 0.1) is 6.92 Å². The molecular formula is C29H27BrN4OS. The highest BCUT2D eigenvalue weighted by atomic mass is 79.9. The summed E-state index contributed by atoms with van der Waals surface area (Å²) >= 11 is 5.17. The summed E-state index contributed by atoms with van der Waals surface area (Å²) in [5, 5.41) is 2.14. The van der Waals surface area contributed by atoms with Gasteiger partial charge in [-0.05, 0) is 49.6 Å². The van der Waals surface area contributed by atoms with Crippen LogP contribution in [0.2, 0.25) is 0 Å². The average Bonchev–Trinajstić information content (AvgIpc) is 3.39. The van der Waals surface area contributed by atoms with Gasteiger partial charge in [-0.2, -0.15) is 0 Å². The van der Waals surface area contributed by atoms with Gasteiger partial charge in [-0.3, -0.25) is 9.48 Å². The van der Waals surface area contributed by atoms with Gasteiger partial charge in [-0.25, -0.2) is 9.67 Å². The lowest BCUT2D eigenvalue weighted by Crippen LogP contribution is -2.20. The van der Waals surface area contributed by atoms with Crippen LogP contribution < -0.4 is 10.4 Å². The van der Waals surface area contributed by atoms with Crippen molar-refractivity contribution in [1.82, 2.24) is 13.9 Å². The lowest BCUT2D eigenvalue weighted by atomic mass is 10.1. The lowest BCUT2D eigenvalue weighted by molar-refractivity contribution is 0.630. The predicted octanol–water partition coefficient (Wildman–Crippen LogP) is 6.64. The zero-order valence-corrected chi connectivity index (χ0v) is 22.7. The number of para-hydroxylation sites is 1. The second-order valence-electron chi connectivity index (χ2n) is 8.68. The lowest BCUT2D eigenvalue weighted by Gasteiger charge is -2.10. The molecule has 2 heterocycles. The normalized spacial score (nSPS) is 11.8. The fourth-order valence-electron chi connectivity index (χ4n) is 4.38. The zero-order valence-electron chi connectivity index (χ0n) is 20.3. The molecule has 0 spiro atoms. The molecule has 0 unspecified atom stereocenters. The summed E-state index contributed by atoms with van der Waals surface area (Å²) in [5.41, 5.74) is 5.55. The fraction of sp³-hybridized carbons (Fsp3) is 0.172. The quantitative estimate of drug-likeness (QED) is 0.221. The first-order valence-electron chi connectivity index (χ1n) is 11.9. The molecule has 0 fully saturated rings. The Morgan fingerprint density at radius 1 is 0.944 bits per heavy atom. The minimum atomic E-state index is -0.116. The summed E-state index contributed by atoms with van der Waals surface area (Å²) < 4.78 is 6.83. The summed E-state index contributed by atoms with van der Waals surface area (Å²) in [5.74, 6) is 0. The number of thiazole rings is 1. The number of halogens is 1.